The van der Waals surface area contributed by atoms with Gasteiger partial charge in [-0.25, -0.2) is 4.39 Å². The highest BCUT2D eigenvalue weighted by Gasteiger charge is 2.09. The van der Waals surface area contributed by atoms with E-state index >= 15 is 0 Å². The zero-order valence-corrected chi connectivity index (χ0v) is 12.3. The number of quaternary nitrogens is 1. The molecule has 0 spiro atoms. The Morgan fingerprint density at radius 2 is 1.81 bits per heavy atom. The first-order valence-corrected chi connectivity index (χ1v) is 6.90. The molecule has 0 radical (unpaired) electrons. The molecule has 2 aromatic rings. The van der Waals surface area contributed by atoms with Crippen LogP contribution in [0.15, 0.2) is 42.5 Å². The molecule has 0 amide bonds. The van der Waals surface area contributed by atoms with Crippen LogP contribution >= 0.6 is 0 Å². The summed E-state index contributed by atoms with van der Waals surface area (Å²) >= 11 is 0. The smallest absolute Gasteiger partial charge is 0.143 e. The molecule has 0 bridgehead atoms. The van der Waals surface area contributed by atoms with E-state index in [0.717, 1.165) is 12.1 Å². The van der Waals surface area contributed by atoms with E-state index < -0.39 is 5.82 Å². The average molecular weight is 284 g/mol. The number of anilines is 1. The van der Waals surface area contributed by atoms with Crippen LogP contribution in [0.2, 0.25) is 0 Å². The second-order valence-corrected chi connectivity index (χ2v) is 5.28. The number of nitrogens with one attached hydrogen (secondary N) is 2. The number of nitriles is 1. The Hall–Kier alpha value is -2.38. The summed E-state index contributed by atoms with van der Waals surface area (Å²) in [6, 6.07) is 14.7. The highest BCUT2D eigenvalue weighted by Crippen LogP contribution is 2.19. The molecule has 0 atom stereocenters. The maximum atomic E-state index is 13.6. The molecule has 2 rings (SSSR count). The van der Waals surface area contributed by atoms with Crippen molar-refractivity contribution in [3.63, 3.8) is 0 Å². The van der Waals surface area contributed by atoms with Crippen molar-refractivity contribution in [1.82, 2.24) is 0 Å². The lowest BCUT2D eigenvalue weighted by atomic mass is 10.1. The second-order valence-electron chi connectivity index (χ2n) is 5.28. The van der Waals surface area contributed by atoms with Crippen LogP contribution in [0.25, 0.3) is 0 Å². The largest absolute Gasteiger partial charge is 0.380 e. The van der Waals surface area contributed by atoms with Gasteiger partial charge in [0.25, 0.3) is 0 Å². The minimum absolute atomic E-state index is 0.0632. The molecule has 2 N–H and O–H groups in total. The molecular formula is C17H19FN3+. The SMILES string of the molecule is C[NH+](C)Cc1ccccc1CNc1cccc(F)c1C#N. The van der Waals surface area contributed by atoms with E-state index in [2.05, 4.69) is 31.5 Å². The number of hydrogen-bond acceptors (Lipinski definition) is 2. The standard InChI is InChI=1S/C17H18FN3/c1-21(2)12-14-7-4-3-6-13(14)11-20-17-9-5-8-16(18)15(17)10-19/h3-9,20H,11-12H2,1-2H3/p+1. The van der Waals surface area contributed by atoms with E-state index in [1.165, 1.54) is 16.5 Å². The van der Waals surface area contributed by atoms with Crippen molar-refractivity contribution >= 4 is 5.69 Å². The average Bonchev–Trinajstić information content (AvgIpc) is 2.46. The number of halogens is 1. The molecule has 2 aromatic carbocycles. The number of hydrogen-bond donors (Lipinski definition) is 2. The van der Waals surface area contributed by atoms with Gasteiger partial charge in [0.05, 0.1) is 19.8 Å². The molecule has 0 aromatic heterocycles. The quantitative estimate of drug-likeness (QED) is 0.881. The molecule has 4 heteroatoms. The lowest BCUT2D eigenvalue weighted by molar-refractivity contribution is -0.872. The van der Waals surface area contributed by atoms with Crippen LogP contribution in [-0.4, -0.2) is 14.1 Å². The van der Waals surface area contributed by atoms with Gasteiger partial charge in [0.2, 0.25) is 0 Å². The fraction of sp³-hybridized carbons (Fsp3) is 0.235. The summed E-state index contributed by atoms with van der Waals surface area (Å²) in [6.07, 6.45) is 0. The van der Waals surface area contributed by atoms with E-state index in [-0.39, 0.29) is 5.56 Å². The van der Waals surface area contributed by atoms with Crippen molar-refractivity contribution in [2.75, 3.05) is 19.4 Å². The lowest BCUT2D eigenvalue weighted by Crippen LogP contribution is -3.04. The van der Waals surface area contributed by atoms with Gasteiger partial charge in [-0.15, -0.1) is 0 Å². The van der Waals surface area contributed by atoms with Crippen molar-refractivity contribution in [3.8, 4) is 6.07 Å². The summed E-state index contributed by atoms with van der Waals surface area (Å²) in [5.74, 6) is -0.492. The summed E-state index contributed by atoms with van der Waals surface area (Å²) in [5.41, 5.74) is 3.00. The molecule has 0 aliphatic heterocycles. The monoisotopic (exact) mass is 284 g/mol. The zero-order valence-electron chi connectivity index (χ0n) is 12.3. The highest BCUT2D eigenvalue weighted by molar-refractivity contribution is 5.58. The first kappa shape index (κ1) is 15.0. The van der Waals surface area contributed by atoms with Gasteiger partial charge in [-0.2, -0.15) is 5.26 Å². The molecule has 0 aliphatic rings. The molecule has 0 saturated heterocycles. The third-order valence-corrected chi connectivity index (χ3v) is 3.26. The summed E-state index contributed by atoms with van der Waals surface area (Å²) in [5, 5.41) is 12.2. The molecule has 3 nitrogen and oxygen atoms in total. The van der Waals surface area contributed by atoms with Gasteiger partial charge in [-0.3, -0.25) is 0 Å². The summed E-state index contributed by atoms with van der Waals surface area (Å²) in [7, 11) is 4.20. The van der Waals surface area contributed by atoms with Crippen molar-refractivity contribution in [2.45, 2.75) is 13.1 Å². The Kier molecular flexibility index (Phi) is 4.91. The molecule has 0 unspecified atom stereocenters. The minimum atomic E-state index is -0.492. The van der Waals surface area contributed by atoms with Gasteiger partial charge in [0.1, 0.15) is 24.0 Å². The van der Waals surface area contributed by atoms with E-state index in [9.17, 15) is 4.39 Å². The van der Waals surface area contributed by atoms with Gasteiger partial charge in [0.15, 0.2) is 0 Å². The van der Waals surface area contributed by atoms with Crippen molar-refractivity contribution in [3.05, 3.63) is 65.0 Å². The molecule has 0 heterocycles. The molecule has 0 saturated carbocycles. The third kappa shape index (κ3) is 3.80. The van der Waals surface area contributed by atoms with Gasteiger partial charge in [0, 0.05) is 12.1 Å². The molecule has 0 aliphatic carbocycles. The topological polar surface area (TPSA) is 40.3 Å². The Morgan fingerprint density at radius 1 is 1.10 bits per heavy atom. The zero-order chi connectivity index (χ0) is 15.2. The predicted molar refractivity (Wildman–Crippen MR) is 81.4 cm³/mol. The maximum Gasteiger partial charge on any atom is 0.143 e. The molecule has 21 heavy (non-hydrogen) atoms. The molecule has 0 fully saturated rings. The highest BCUT2D eigenvalue weighted by atomic mass is 19.1. The predicted octanol–water partition coefficient (Wildman–Crippen LogP) is 1.95. The van der Waals surface area contributed by atoms with E-state index in [1.807, 2.05) is 18.2 Å². The van der Waals surface area contributed by atoms with E-state index in [1.54, 1.807) is 12.1 Å². The summed E-state index contributed by atoms with van der Waals surface area (Å²) in [4.78, 5) is 1.34. The normalized spacial score (nSPS) is 10.4. The Balaban J connectivity index is 2.18. The van der Waals surface area contributed by atoms with Gasteiger partial charge in [-0.1, -0.05) is 30.3 Å². The maximum absolute atomic E-state index is 13.6. The van der Waals surface area contributed by atoms with Gasteiger partial charge >= 0.3 is 0 Å². The molecular weight excluding hydrogens is 265 g/mol. The van der Waals surface area contributed by atoms with Crippen molar-refractivity contribution < 1.29 is 9.29 Å². The Morgan fingerprint density at radius 3 is 2.48 bits per heavy atom. The fourth-order valence-electron chi connectivity index (χ4n) is 2.26. The molecule has 108 valence electrons. The van der Waals surface area contributed by atoms with Crippen LogP contribution in [-0.2, 0) is 13.1 Å². The Bertz CT molecular complexity index is 659. The second kappa shape index (κ2) is 6.87. The van der Waals surface area contributed by atoms with Gasteiger partial charge < -0.3 is 10.2 Å². The fourth-order valence-corrected chi connectivity index (χ4v) is 2.26. The first-order valence-electron chi connectivity index (χ1n) is 6.90. The first-order chi connectivity index (χ1) is 10.1. The van der Waals surface area contributed by atoms with Crippen molar-refractivity contribution in [1.29, 1.82) is 5.26 Å². The third-order valence-electron chi connectivity index (χ3n) is 3.26. The van der Waals surface area contributed by atoms with Crippen molar-refractivity contribution in [2.24, 2.45) is 0 Å². The number of rotatable bonds is 5. The summed E-state index contributed by atoms with van der Waals surface area (Å²) in [6.45, 7) is 1.49. The van der Waals surface area contributed by atoms with Crippen LogP contribution in [0.4, 0.5) is 10.1 Å². The van der Waals surface area contributed by atoms with Crippen LogP contribution < -0.4 is 10.2 Å². The number of benzene rings is 2. The number of nitrogens with zero attached hydrogens (tertiary/aromatic N) is 1. The van der Waals surface area contributed by atoms with Crippen LogP contribution in [0.3, 0.4) is 0 Å². The van der Waals surface area contributed by atoms with Crippen LogP contribution in [0, 0.1) is 17.1 Å². The minimum Gasteiger partial charge on any atom is -0.380 e. The van der Waals surface area contributed by atoms with Crippen LogP contribution in [0.1, 0.15) is 16.7 Å². The van der Waals surface area contributed by atoms with E-state index in [4.69, 9.17) is 5.26 Å². The lowest BCUT2D eigenvalue weighted by Gasteiger charge is -2.14. The van der Waals surface area contributed by atoms with Crippen LogP contribution in [0.5, 0.6) is 0 Å². The van der Waals surface area contributed by atoms with E-state index in [0.29, 0.717) is 12.2 Å². The Labute approximate surface area is 124 Å². The van der Waals surface area contributed by atoms with Gasteiger partial charge in [-0.05, 0) is 17.7 Å². The summed E-state index contributed by atoms with van der Waals surface area (Å²) < 4.78 is 13.6.